The van der Waals surface area contributed by atoms with E-state index in [-0.39, 0.29) is 0 Å². The molecule has 3 fully saturated rings. The van der Waals surface area contributed by atoms with Gasteiger partial charge in [-0.1, -0.05) is 25.7 Å². The standard InChI is InChI=1S/C15H27N/c1-11(7-12-3-2-4-12)16-10-15-9-13-5-6-14(15)8-13/h11-16H,2-10H2,1H3. The van der Waals surface area contributed by atoms with Crippen molar-refractivity contribution in [2.75, 3.05) is 6.54 Å². The third kappa shape index (κ3) is 2.30. The van der Waals surface area contributed by atoms with Crippen LogP contribution in [0.5, 0.6) is 0 Å². The topological polar surface area (TPSA) is 12.0 Å². The van der Waals surface area contributed by atoms with Crippen molar-refractivity contribution >= 4 is 0 Å². The van der Waals surface area contributed by atoms with E-state index in [1.54, 1.807) is 12.8 Å². The molecule has 0 aromatic rings. The quantitative estimate of drug-likeness (QED) is 0.748. The van der Waals surface area contributed by atoms with Gasteiger partial charge in [-0.3, -0.25) is 0 Å². The minimum atomic E-state index is 0.768. The van der Waals surface area contributed by atoms with Crippen molar-refractivity contribution in [1.29, 1.82) is 0 Å². The number of nitrogens with one attached hydrogen (secondary N) is 1. The molecule has 0 spiro atoms. The lowest BCUT2D eigenvalue weighted by molar-refractivity contribution is 0.249. The van der Waals surface area contributed by atoms with Crippen LogP contribution in [0.25, 0.3) is 0 Å². The first-order valence-electron chi connectivity index (χ1n) is 7.54. The normalized spacial score (nSPS) is 39.9. The Kier molecular flexibility index (Phi) is 3.24. The molecule has 92 valence electrons. The lowest BCUT2D eigenvalue weighted by Crippen LogP contribution is -2.35. The summed E-state index contributed by atoms with van der Waals surface area (Å²) in [6.45, 7) is 3.71. The van der Waals surface area contributed by atoms with E-state index in [0.717, 1.165) is 29.7 Å². The molecule has 0 radical (unpaired) electrons. The van der Waals surface area contributed by atoms with Gasteiger partial charge in [-0.15, -0.1) is 0 Å². The molecule has 0 heterocycles. The molecular weight excluding hydrogens is 194 g/mol. The van der Waals surface area contributed by atoms with Crippen LogP contribution in [-0.4, -0.2) is 12.6 Å². The van der Waals surface area contributed by atoms with Crippen molar-refractivity contribution in [3.05, 3.63) is 0 Å². The van der Waals surface area contributed by atoms with Gasteiger partial charge in [0.2, 0.25) is 0 Å². The Bertz CT molecular complexity index is 234. The molecule has 0 aromatic heterocycles. The summed E-state index contributed by atoms with van der Waals surface area (Å²) in [4.78, 5) is 0. The van der Waals surface area contributed by atoms with Crippen molar-refractivity contribution in [1.82, 2.24) is 5.32 Å². The summed E-state index contributed by atoms with van der Waals surface area (Å²) in [6.07, 6.45) is 12.1. The van der Waals surface area contributed by atoms with Crippen LogP contribution in [0.2, 0.25) is 0 Å². The largest absolute Gasteiger partial charge is 0.314 e. The minimum Gasteiger partial charge on any atom is -0.314 e. The van der Waals surface area contributed by atoms with Crippen LogP contribution in [0.3, 0.4) is 0 Å². The van der Waals surface area contributed by atoms with E-state index in [9.17, 15) is 0 Å². The maximum Gasteiger partial charge on any atom is 0.00414 e. The summed E-state index contributed by atoms with van der Waals surface area (Å²) < 4.78 is 0. The Balaban J connectivity index is 1.36. The van der Waals surface area contributed by atoms with E-state index in [1.807, 2.05) is 0 Å². The van der Waals surface area contributed by atoms with Crippen LogP contribution < -0.4 is 5.32 Å². The first kappa shape index (κ1) is 11.1. The average molecular weight is 221 g/mol. The summed E-state index contributed by atoms with van der Waals surface area (Å²) in [5.74, 6) is 4.29. The smallest absolute Gasteiger partial charge is 0.00414 e. The van der Waals surface area contributed by atoms with Crippen molar-refractivity contribution in [3.8, 4) is 0 Å². The molecule has 0 aliphatic heterocycles. The molecule has 4 atom stereocenters. The van der Waals surface area contributed by atoms with Crippen molar-refractivity contribution in [3.63, 3.8) is 0 Å². The Morgan fingerprint density at radius 2 is 2.00 bits per heavy atom. The van der Waals surface area contributed by atoms with E-state index in [1.165, 1.54) is 45.1 Å². The summed E-state index contributed by atoms with van der Waals surface area (Å²) in [5, 5.41) is 3.81. The second-order valence-corrected chi connectivity index (χ2v) is 6.78. The number of rotatable bonds is 5. The van der Waals surface area contributed by atoms with Gasteiger partial charge in [-0.05, 0) is 62.8 Å². The number of hydrogen-bond donors (Lipinski definition) is 1. The molecule has 2 bridgehead atoms. The molecule has 3 rings (SSSR count). The molecule has 1 nitrogen and oxygen atoms in total. The molecule has 0 amide bonds. The van der Waals surface area contributed by atoms with Crippen molar-refractivity contribution in [2.45, 2.75) is 64.3 Å². The zero-order valence-electron chi connectivity index (χ0n) is 10.8. The van der Waals surface area contributed by atoms with Crippen molar-refractivity contribution in [2.24, 2.45) is 23.7 Å². The fourth-order valence-corrected chi connectivity index (χ4v) is 4.29. The zero-order chi connectivity index (χ0) is 11.0. The van der Waals surface area contributed by atoms with Gasteiger partial charge in [0.25, 0.3) is 0 Å². The molecule has 4 unspecified atom stereocenters. The highest BCUT2D eigenvalue weighted by Gasteiger charge is 2.39. The molecule has 3 aliphatic rings. The lowest BCUT2D eigenvalue weighted by Gasteiger charge is -2.30. The van der Waals surface area contributed by atoms with Crippen LogP contribution in [-0.2, 0) is 0 Å². The van der Waals surface area contributed by atoms with Gasteiger partial charge >= 0.3 is 0 Å². The maximum absolute atomic E-state index is 3.81. The molecule has 3 aliphatic carbocycles. The van der Waals surface area contributed by atoms with Crippen LogP contribution in [0, 0.1) is 23.7 Å². The van der Waals surface area contributed by atoms with E-state index in [4.69, 9.17) is 0 Å². The van der Waals surface area contributed by atoms with E-state index in [2.05, 4.69) is 12.2 Å². The maximum atomic E-state index is 3.81. The van der Waals surface area contributed by atoms with Crippen LogP contribution in [0.1, 0.15) is 58.3 Å². The third-order valence-corrected chi connectivity index (χ3v) is 5.52. The Morgan fingerprint density at radius 3 is 2.56 bits per heavy atom. The molecular formula is C15H27N. The van der Waals surface area contributed by atoms with Gasteiger partial charge < -0.3 is 5.32 Å². The predicted octanol–water partition coefficient (Wildman–Crippen LogP) is 3.59. The second kappa shape index (κ2) is 4.68. The van der Waals surface area contributed by atoms with Gasteiger partial charge in [-0.25, -0.2) is 0 Å². The molecule has 1 heteroatoms. The second-order valence-electron chi connectivity index (χ2n) is 6.78. The summed E-state index contributed by atoms with van der Waals surface area (Å²) >= 11 is 0. The minimum absolute atomic E-state index is 0.768. The summed E-state index contributed by atoms with van der Waals surface area (Å²) in [7, 11) is 0. The van der Waals surface area contributed by atoms with Gasteiger partial charge in [-0.2, -0.15) is 0 Å². The highest BCUT2D eigenvalue weighted by Crippen LogP contribution is 2.48. The Hall–Kier alpha value is -0.0400. The molecule has 3 saturated carbocycles. The fraction of sp³-hybridized carbons (Fsp3) is 1.00. The summed E-state index contributed by atoms with van der Waals surface area (Å²) in [6, 6.07) is 0.768. The molecule has 16 heavy (non-hydrogen) atoms. The van der Waals surface area contributed by atoms with Crippen LogP contribution in [0.15, 0.2) is 0 Å². The monoisotopic (exact) mass is 221 g/mol. The highest BCUT2D eigenvalue weighted by molar-refractivity contribution is 4.91. The predicted molar refractivity (Wildman–Crippen MR) is 68.4 cm³/mol. The summed E-state index contributed by atoms with van der Waals surface area (Å²) in [5.41, 5.74) is 0. The first-order valence-corrected chi connectivity index (χ1v) is 7.54. The molecule has 0 saturated heterocycles. The van der Waals surface area contributed by atoms with Crippen molar-refractivity contribution < 1.29 is 0 Å². The Morgan fingerprint density at radius 1 is 1.12 bits per heavy atom. The van der Waals surface area contributed by atoms with E-state index >= 15 is 0 Å². The van der Waals surface area contributed by atoms with Gasteiger partial charge in [0.1, 0.15) is 0 Å². The van der Waals surface area contributed by atoms with E-state index in [0.29, 0.717) is 0 Å². The zero-order valence-corrected chi connectivity index (χ0v) is 10.8. The Labute approximate surface area is 100 Å². The fourth-order valence-electron chi connectivity index (χ4n) is 4.29. The molecule has 1 N–H and O–H groups in total. The molecule has 0 aromatic carbocycles. The third-order valence-electron chi connectivity index (χ3n) is 5.52. The number of hydrogen-bond acceptors (Lipinski definition) is 1. The van der Waals surface area contributed by atoms with Gasteiger partial charge in [0, 0.05) is 6.04 Å². The van der Waals surface area contributed by atoms with Crippen LogP contribution >= 0.6 is 0 Å². The SMILES string of the molecule is CC(CC1CCC1)NCC1CC2CCC1C2. The van der Waals surface area contributed by atoms with Gasteiger partial charge in [0.15, 0.2) is 0 Å². The average Bonchev–Trinajstić information content (AvgIpc) is 2.82. The first-order chi connectivity index (χ1) is 7.81. The van der Waals surface area contributed by atoms with E-state index < -0.39 is 0 Å². The highest BCUT2D eigenvalue weighted by atomic mass is 14.9. The number of fused-ring (bicyclic) bond motifs is 2. The van der Waals surface area contributed by atoms with Gasteiger partial charge in [0.05, 0.1) is 0 Å². The van der Waals surface area contributed by atoms with Crippen LogP contribution in [0.4, 0.5) is 0 Å². The lowest BCUT2D eigenvalue weighted by atomic mass is 9.81.